The highest BCUT2D eigenvalue weighted by Gasteiger charge is 2.15. The van der Waals surface area contributed by atoms with E-state index in [9.17, 15) is 5.11 Å². The third-order valence-electron chi connectivity index (χ3n) is 3.06. The summed E-state index contributed by atoms with van der Waals surface area (Å²) in [4.78, 5) is 0. The number of rotatable bonds is 2. The Bertz CT molecular complexity index is 738. The van der Waals surface area contributed by atoms with Crippen molar-refractivity contribution in [1.82, 2.24) is 0 Å². The van der Waals surface area contributed by atoms with Crippen molar-refractivity contribution in [3.05, 3.63) is 68.5 Å². The molecule has 1 nitrogen and oxygen atoms in total. The second-order valence-electron chi connectivity index (χ2n) is 4.26. The van der Waals surface area contributed by atoms with Gasteiger partial charge in [-0.3, -0.25) is 0 Å². The van der Waals surface area contributed by atoms with E-state index in [1.165, 1.54) is 0 Å². The number of halogens is 2. The summed E-state index contributed by atoms with van der Waals surface area (Å²) < 4.78 is 1.92. The fourth-order valence-corrected chi connectivity index (χ4v) is 3.55. The first kappa shape index (κ1) is 13.1. The van der Waals surface area contributed by atoms with Crippen molar-refractivity contribution in [2.24, 2.45) is 0 Å². The van der Waals surface area contributed by atoms with Gasteiger partial charge >= 0.3 is 0 Å². The Hall–Kier alpha value is -0.870. The minimum absolute atomic E-state index is 0.643. The highest BCUT2D eigenvalue weighted by molar-refractivity contribution is 9.10. The van der Waals surface area contributed by atoms with E-state index < -0.39 is 6.10 Å². The Morgan fingerprint density at radius 3 is 2.79 bits per heavy atom. The Kier molecular flexibility index (Phi) is 3.63. The van der Waals surface area contributed by atoms with Gasteiger partial charge in [-0.15, -0.1) is 11.3 Å². The summed E-state index contributed by atoms with van der Waals surface area (Å²) in [6.45, 7) is 0. The van der Waals surface area contributed by atoms with Crippen LogP contribution in [0.3, 0.4) is 0 Å². The summed E-state index contributed by atoms with van der Waals surface area (Å²) in [6, 6.07) is 13.6. The smallest absolute Gasteiger partial charge is 0.105 e. The number of fused-ring (bicyclic) bond motifs is 1. The van der Waals surface area contributed by atoms with Crippen LogP contribution in [0.25, 0.3) is 10.1 Å². The first-order chi connectivity index (χ1) is 9.16. The molecule has 0 fully saturated rings. The van der Waals surface area contributed by atoms with Crippen LogP contribution in [0.4, 0.5) is 0 Å². The summed E-state index contributed by atoms with van der Waals surface area (Å²) in [6.07, 6.45) is -0.643. The van der Waals surface area contributed by atoms with Crippen LogP contribution in [0, 0.1) is 0 Å². The Morgan fingerprint density at radius 2 is 2.00 bits per heavy atom. The summed E-state index contributed by atoms with van der Waals surface area (Å²) in [5.41, 5.74) is 1.76. The SMILES string of the molecule is OC(c1ccc(Cl)c(Br)c1)c1cccc2ccsc12. The van der Waals surface area contributed by atoms with Crippen molar-refractivity contribution >= 4 is 49.0 Å². The van der Waals surface area contributed by atoms with Crippen molar-refractivity contribution in [1.29, 1.82) is 0 Å². The van der Waals surface area contributed by atoms with Gasteiger partial charge in [0, 0.05) is 14.7 Å². The topological polar surface area (TPSA) is 20.2 Å². The van der Waals surface area contributed by atoms with E-state index >= 15 is 0 Å². The largest absolute Gasteiger partial charge is 0.384 e. The van der Waals surface area contributed by atoms with E-state index in [1.807, 2.05) is 29.6 Å². The van der Waals surface area contributed by atoms with E-state index in [0.717, 1.165) is 25.7 Å². The van der Waals surface area contributed by atoms with Gasteiger partial charge in [0.1, 0.15) is 6.10 Å². The molecular weight excluding hydrogens is 344 g/mol. The van der Waals surface area contributed by atoms with Crippen LogP contribution < -0.4 is 0 Å². The molecule has 0 saturated heterocycles. The molecular formula is C15H10BrClOS. The summed E-state index contributed by atoms with van der Waals surface area (Å²) in [5, 5.41) is 14.4. The maximum absolute atomic E-state index is 10.6. The molecule has 0 saturated carbocycles. The molecule has 1 aromatic heterocycles. The normalized spacial score (nSPS) is 12.8. The standard InChI is InChI=1S/C15H10BrClOS/c16-12-8-10(4-5-13(12)17)14(18)11-3-1-2-9-6-7-19-15(9)11/h1-8,14,18H. The van der Waals surface area contributed by atoms with Gasteiger partial charge in [-0.05, 0) is 50.5 Å². The molecule has 0 spiro atoms. The number of hydrogen-bond donors (Lipinski definition) is 1. The van der Waals surface area contributed by atoms with Crippen molar-refractivity contribution < 1.29 is 5.11 Å². The highest BCUT2D eigenvalue weighted by atomic mass is 79.9. The van der Waals surface area contributed by atoms with E-state index in [4.69, 9.17) is 11.6 Å². The molecule has 3 aromatic rings. The fourth-order valence-electron chi connectivity index (χ4n) is 2.09. The van der Waals surface area contributed by atoms with E-state index in [2.05, 4.69) is 28.1 Å². The zero-order valence-corrected chi connectivity index (χ0v) is 13.0. The van der Waals surface area contributed by atoms with Crippen LogP contribution in [-0.4, -0.2) is 5.11 Å². The first-order valence-corrected chi connectivity index (χ1v) is 7.81. The lowest BCUT2D eigenvalue weighted by Crippen LogP contribution is -1.99. The van der Waals surface area contributed by atoms with Gasteiger partial charge in [-0.25, -0.2) is 0 Å². The molecule has 4 heteroatoms. The number of aliphatic hydroxyl groups excluding tert-OH is 1. The van der Waals surface area contributed by atoms with Crippen LogP contribution in [0.5, 0.6) is 0 Å². The van der Waals surface area contributed by atoms with Crippen LogP contribution >= 0.6 is 38.9 Å². The second-order valence-corrected chi connectivity index (χ2v) is 6.44. The number of benzene rings is 2. The Balaban J connectivity index is 2.10. The van der Waals surface area contributed by atoms with E-state index in [0.29, 0.717) is 5.02 Å². The van der Waals surface area contributed by atoms with Gasteiger partial charge in [0.25, 0.3) is 0 Å². The number of thiophene rings is 1. The van der Waals surface area contributed by atoms with Crippen molar-refractivity contribution in [3.63, 3.8) is 0 Å². The van der Waals surface area contributed by atoms with Crippen LogP contribution in [0.15, 0.2) is 52.3 Å². The third kappa shape index (κ3) is 2.43. The molecule has 0 amide bonds. The molecule has 0 radical (unpaired) electrons. The quantitative estimate of drug-likeness (QED) is 0.654. The van der Waals surface area contributed by atoms with Gasteiger partial charge < -0.3 is 5.11 Å². The lowest BCUT2D eigenvalue weighted by molar-refractivity contribution is 0.222. The first-order valence-electron chi connectivity index (χ1n) is 5.76. The maximum Gasteiger partial charge on any atom is 0.105 e. The monoisotopic (exact) mass is 352 g/mol. The zero-order valence-electron chi connectivity index (χ0n) is 9.81. The van der Waals surface area contributed by atoms with Crippen LogP contribution in [0.2, 0.25) is 5.02 Å². The molecule has 0 bridgehead atoms. The van der Waals surface area contributed by atoms with Gasteiger partial charge in [0.2, 0.25) is 0 Å². The maximum atomic E-state index is 10.6. The molecule has 3 rings (SSSR count). The lowest BCUT2D eigenvalue weighted by atomic mass is 10.0. The van der Waals surface area contributed by atoms with Crippen molar-refractivity contribution in [2.45, 2.75) is 6.10 Å². The van der Waals surface area contributed by atoms with Gasteiger partial charge in [-0.2, -0.15) is 0 Å². The molecule has 0 aliphatic carbocycles. The van der Waals surface area contributed by atoms with Gasteiger partial charge in [-0.1, -0.05) is 35.9 Å². The predicted octanol–water partition coefficient (Wildman–Crippen LogP) is 5.40. The molecule has 0 aliphatic heterocycles. The number of aliphatic hydroxyl groups is 1. The Morgan fingerprint density at radius 1 is 1.16 bits per heavy atom. The average molecular weight is 354 g/mol. The molecule has 1 atom stereocenters. The highest BCUT2D eigenvalue weighted by Crippen LogP contribution is 2.34. The molecule has 19 heavy (non-hydrogen) atoms. The molecule has 1 heterocycles. The van der Waals surface area contributed by atoms with Crippen molar-refractivity contribution in [3.8, 4) is 0 Å². The third-order valence-corrected chi connectivity index (χ3v) is 5.26. The summed E-state index contributed by atoms with van der Waals surface area (Å²) in [7, 11) is 0. The van der Waals surface area contributed by atoms with Crippen LogP contribution in [0.1, 0.15) is 17.2 Å². The number of hydrogen-bond acceptors (Lipinski definition) is 2. The fraction of sp³-hybridized carbons (Fsp3) is 0.0667. The molecule has 1 unspecified atom stereocenters. The second kappa shape index (κ2) is 5.25. The van der Waals surface area contributed by atoms with E-state index in [-0.39, 0.29) is 0 Å². The minimum Gasteiger partial charge on any atom is -0.384 e. The molecule has 96 valence electrons. The molecule has 1 N–H and O–H groups in total. The molecule has 2 aromatic carbocycles. The Labute approximate surface area is 128 Å². The van der Waals surface area contributed by atoms with Gasteiger partial charge in [0.15, 0.2) is 0 Å². The summed E-state index contributed by atoms with van der Waals surface area (Å²) >= 11 is 11.0. The van der Waals surface area contributed by atoms with Crippen molar-refractivity contribution in [2.75, 3.05) is 0 Å². The average Bonchev–Trinajstić information content (AvgIpc) is 2.89. The predicted molar refractivity (Wildman–Crippen MR) is 85.0 cm³/mol. The lowest BCUT2D eigenvalue weighted by Gasteiger charge is -2.13. The van der Waals surface area contributed by atoms with E-state index in [1.54, 1.807) is 17.4 Å². The summed E-state index contributed by atoms with van der Waals surface area (Å²) in [5.74, 6) is 0. The van der Waals surface area contributed by atoms with Gasteiger partial charge in [0.05, 0.1) is 5.02 Å². The van der Waals surface area contributed by atoms with Crippen LogP contribution in [-0.2, 0) is 0 Å². The zero-order chi connectivity index (χ0) is 13.4. The molecule has 0 aliphatic rings. The minimum atomic E-state index is -0.643.